The minimum absolute atomic E-state index is 0.152. The molecule has 7 heteroatoms. The van der Waals surface area contributed by atoms with Crippen molar-refractivity contribution in [1.82, 2.24) is 19.7 Å². The van der Waals surface area contributed by atoms with E-state index in [-0.39, 0.29) is 5.95 Å². The first-order valence-electron chi connectivity index (χ1n) is 6.72. The van der Waals surface area contributed by atoms with E-state index in [0.29, 0.717) is 17.5 Å². The van der Waals surface area contributed by atoms with Crippen molar-refractivity contribution in [2.45, 2.75) is 6.54 Å². The molecule has 0 bridgehead atoms. The Bertz CT molecular complexity index is 778. The molecule has 0 radical (unpaired) electrons. The van der Waals surface area contributed by atoms with E-state index in [9.17, 15) is 0 Å². The zero-order valence-corrected chi connectivity index (χ0v) is 12.7. The Morgan fingerprint density at radius 1 is 1.23 bits per heavy atom. The molecule has 0 saturated carbocycles. The Morgan fingerprint density at radius 3 is 2.82 bits per heavy atom. The van der Waals surface area contributed by atoms with Gasteiger partial charge in [0.1, 0.15) is 11.0 Å². The molecule has 3 rings (SSSR count). The maximum atomic E-state index is 5.86. The maximum Gasteiger partial charge on any atom is 0.223 e. The smallest absolute Gasteiger partial charge is 0.223 e. The number of nitrogens with one attached hydrogen (secondary N) is 1. The second-order valence-electron chi connectivity index (χ2n) is 4.89. The van der Waals surface area contributed by atoms with Crippen LogP contribution in [0.3, 0.4) is 0 Å². The van der Waals surface area contributed by atoms with Crippen LogP contribution in [0.15, 0.2) is 42.7 Å². The van der Waals surface area contributed by atoms with Gasteiger partial charge < -0.3 is 11.1 Å². The molecule has 6 nitrogen and oxygen atoms in total. The van der Waals surface area contributed by atoms with Crippen molar-refractivity contribution in [3.05, 3.63) is 53.4 Å². The highest BCUT2D eigenvalue weighted by atomic mass is 35.5. The quantitative estimate of drug-likeness (QED) is 0.724. The van der Waals surface area contributed by atoms with Crippen molar-refractivity contribution in [1.29, 1.82) is 0 Å². The molecule has 0 spiro atoms. The molecule has 0 aliphatic carbocycles. The number of halogens is 1. The first kappa shape index (κ1) is 14.3. The Balaban J connectivity index is 1.75. The molecule has 112 valence electrons. The molecule has 0 unspecified atom stereocenters. The average Bonchev–Trinajstić information content (AvgIpc) is 2.91. The second kappa shape index (κ2) is 6.03. The fourth-order valence-electron chi connectivity index (χ4n) is 2.15. The summed E-state index contributed by atoms with van der Waals surface area (Å²) < 4.78 is 1.78. The summed E-state index contributed by atoms with van der Waals surface area (Å²) in [6.07, 6.45) is 3.83. The van der Waals surface area contributed by atoms with Crippen LogP contribution in [0.5, 0.6) is 0 Å². The number of hydrogen-bond donors (Lipinski definition) is 2. The molecule has 2 heterocycles. The van der Waals surface area contributed by atoms with E-state index in [1.807, 2.05) is 31.6 Å². The number of benzene rings is 1. The van der Waals surface area contributed by atoms with E-state index >= 15 is 0 Å². The molecule has 3 N–H and O–H groups in total. The van der Waals surface area contributed by atoms with Gasteiger partial charge in [0.25, 0.3) is 0 Å². The van der Waals surface area contributed by atoms with E-state index in [1.54, 1.807) is 10.7 Å². The third kappa shape index (κ3) is 3.35. The van der Waals surface area contributed by atoms with Gasteiger partial charge in [-0.25, -0.2) is 4.98 Å². The summed E-state index contributed by atoms with van der Waals surface area (Å²) in [4.78, 5) is 7.92. The minimum Gasteiger partial charge on any atom is -0.368 e. The summed E-state index contributed by atoms with van der Waals surface area (Å²) in [5.74, 6) is 0.753. The zero-order valence-electron chi connectivity index (χ0n) is 12.0. The van der Waals surface area contributed by atoms with Crippen molar-refractivity contribution in [2.24, 2.45) is 7.05 Å². The van der Waals surface area contributed by atoms with Crippen molar-refractivity contribution in [3.8, 4) is 11.1 Å². The number of nitrogens with zero attached hydrogens (tertiary/aromatic N) is 4. The van der Waals surface area contributed by atoms with Crippen LogP contribution in [0.25, 0.3) is 11.1 Å². The van der Waals surface area contributed by atoms with Crippen LogP contribution in [0, 0.1) is 0 Å². The SMILES string of the molecule is Cn1cc(-c2cccc(CNc3cc(Cl)nc(N)n3)c2)cn1. The molecule has 3 aromatic rings. The van der Waals surface area contributed by atoms with Crippen molar-refractivity contribution in [3.63, 3.8) is 0 Å². The first-order valence-corrected chi connectivity index (χ1v) is 7.10. The number of nitrogens with two attached hydrogens (primary N) is 1. The van der Waals surface area contributed by atoms with Crippen LogP contribution in [0.2, 0.25) is 5.15 Å². The van der Waals surface area contributed by atoms with Gasteiger partial charge in [0, 0.05) is 31.4 Å². The lowest BCUT2D eigenvalue weighted by atomic mass is 10.1. The molecule has 2 aromatic heterocycles. The molecular formula is C15H15ClN6. The lowest BCUT2D eigenvalue weighted by Gasteiger charge is -2.08. The van der Waals surface area contributed by atoms with E-state index in [0.717, 1.165) is 16.7 Å². The normalized spacial score (nSPS) is 10.6. The number of aryl methyl sites for hydroxylation is 1. The predicted molar refractivity (Wildman–Crippen MR) is 87.4 cm³/mol. The standard InChI is InChI=1S/C15H15ClN6/c1-22-9-12(8-19-22)11-4-2-3-10(5-11)7-18-14-6-13(16)20-15(17)21-14/h2-6,8-9H,7H2,1H3,(H3,17,18,20,21). The Hall–Kier alpha value is -2.60. The molecule has 0 amide bonds. The lowest BCUT2D eigenvalue weighted by Crippen LogP contribution is -2.04. The van der Waals surface area contributed by atoms with E-state index < -0.39 is 0 Å². The van der Waals surface area contributed by atoms with Crippen LogP contribution in [-0.2, 0) is 13.6 Å². The first-order chi connectivity index (χ1) is 10.6. The summed E-state index contributed by atoms with van der Waals surface area (Å²) in [6, 6.07) is 9.86. The van der Waals surface area contributed by atoms with Gasteiger partial charge in [-0.15, -0.1) is 0 Å². The van der Waals surface area contributed by atoms with Gasteiger partial charge in [0.2, 0.25) is 5.95 Å². The van der Waals surface area contributed by atoms with Gasteiger partial charge in [-0.1, -0.05) is 29.8 Å². The molecule has 1 aromatic carbocycles. The molecule has 0 aliphatic rings. The van der Waals surface area contributed by atoms with Gasteiger partial charge in [0.15, 0.2) is 0 Å². The van der Waals surface area contributed by atoms with E-state index in [2.05, 4.69) is 32.5 Å². The summed E-state index contributed by atoms with van der Waals surface area (Å²) in [5, 5.41) is 7.70. The second-order valence-corrected chi connectivity index (χ2v) is 5.28. The van der Waals surface area contributed by atoms with Crippen molar-refractivity contribution in [2.75, 3.05) is 11.1 Å². The van der Waals surface area contributed by atoms with Crippen LogP contribution >= 0.6 is 11.6 Å². The number of aromatic nitrogens is 4. The topological polar surface area (TPSA) is 81.7 Å². The zero-order chi connectivity index (χ0) is 15.5. The summed E-state index contributed by atoms with van der Waals surface area (Å²) in [7, 11) is 1.90. The van der Waals surface area contributed by atoms with Crippen LogP contribution in [0.4, 0.5) is 11.8 Å². The number of rotatable bonds is 4. The fraction of sp³-hybridized carbons (Fsp3) is 0.133. The van der Waals surface area contributed by atoms with Crippen LogP contribution in [-0.4, -0.2) is 19.7 Å². The van der Waals surface area contributed by atoms with Crippen molar-refractivity contribution < 1.29 is 0 Å². The Morgan fingerprint density at radius 2 is 2.09 bits per heavy atom. The number of nitrogen functional groups attached to an aromatic ring is 1. The highest BCUT2D eigenvalue weighted by Crippen LogP contribution is 2.20. The third-order valence-corrected chi connectivity index (χ3v) is 3.34. The predicted octanol–water partition coefficient (Wildman–Crippen LogP) is 2.72. The molecule has 22 heavy (non-hydrogen) atoms. The third-order valence-electron chi connectivity index (χ3n) is 3.15. The molecule has 0 fully saturated rings. The number of anilines is 2. The van der Waals surface area contributed by atoms with Gasteiger partial charge >= 0.3 is 0 Å². The molecular weight excluding hydrogens is 300 g/mol. The summed E-state index contributed by atoms with van der Waals surface area (Å²) in [6.45, 7) is 0.612. The number of hydrogen-bond acceptors (Lipinski definition) is 5. The highest BCUT2D eigenvalue weighted by Gasteiger charge is 2.03. The van der Waals surface area contributed by atoms with Crippen LogP contribution < -0.4 is 11.1 Å². The van der Waals surface area contributed by atoms with E-state index in [1.165, 1.54) is 0 Å². The van der Waals surface area contributed by atoms with Crippen molar-refractivity contribution >= 4 is 23.4 Å². The Kier molecular flexibility index (Phi) is 3.93. The Labute approximate surface area is 133 Å². The van der Waals surface area contributed by atoms with Gasteiger partial charge in [-0.3, -0.25) is 4.68 Å². The van der Waals surface area contributed by atoms with Gasteiger partial charge in [-0.2, -0.15) is 10.1 Å². The average molecular weight is 315 g/mol. The molecule has 0 atom stereocenters. The summed E-state index contributed by atoms with van der Waals surface area (Å²) in [5.41, 5.74) is 8.90. The van der Waals surface area contributed by atoms with Gasteiger partial charge in [-0.05, 0) is 17.2 Å². The highest BCUT2D eigenvalue weighted by molar-refractivity contribution is 6.29. The lowest BCUT2D eigenvalue weighted by molar-refractivity contribution is 0.768. The minimum atomic E-state index is 0.152. The maximum absolute atomic E-state index is 5.86. The van der Waals surface area contributed by atoms with E-state index in [4.69, 9.17) is 17.3 Å². The largest absolute Gasteiger partial charge is 0.368 e. The van der Waals surface area contributed by atoms with Crippen LogP contribution in [0.1, 0.15) is 5.56 Å². The monoisotopic (exact) mass is 314 g/mol. The van der Waals surface area contributed by atoms with Gasteiger partial charge in [0.05, 0.1) is 6.20 Å². The molecule has 0 saturated heterocycles. The molecule has 0 aliphatic heterocycles. The fourth-order valence-corrected chi connectivity index (χ4v) is 2.34. The summed E-state index contributed by atoms with van der Waals surface area (Å²) >= 11 is 5.86.